The van der Waals surface area contributed by atoms with Crippen LogP contribution in [0.4, 0.5) is 4.39 Å². The van der Waals surface area contributed by atoms with Gasteiger partial charge >= 0.3 is 0 Å². The molecule has 1 aromatic carbocycles. The number of hydrogen-bond acceptors (Lipinski definition) is 2. The van der Waals surface area contributed by atoms with Gasteiger partial charge in [-0.05, 0) is 57.5 Å². The van der Waals surface area contributed by atoms with E-state index < -0.39 is 0 Å². The van der Waals surface area contributed by atoms with Crippen LogP contribution in [-0.2, 0) is 11.2 Å². The van der Waals surface area contributed by atoms with Crippen LogP contribution in [0.25, 0.3) is 0 Å². The zero-order chi connectivity index (χ0) is 13.8. The molecule has 0 spiro atoms. The van der Waals surface area contributed by atoms with Gasteiger partial charge in [0.15, 0.2) is 0 Å². The predicted octanol–water partition coefficient (Wildman–Crippen LogP) is 3.53. The molecule has 0 heterocycles. The Kier molecular flexibility index (Phi) is 5.76. The maximum absolute atomic E-state index is 13.2. The molecule has 18 heavy (non-hydrogen) atoms. The molecule has 0 aliphatic rings. The number of methoxy groups -OCH3 is 1. The first-order chi connectivity index (χ1) is 8.38. The molecule has 1 N–H and O–H groups in total. The largest absolute Gasteiger partial charge is 0.379 e. The highest BCUT2D eigenvalue weighted by molar-refractivity contribution is 9.10. The van der Waals surface area contributed by atoms with Gasteiger partial charge in [0.1, 0.15) is 5.82 Å². The highest BCUT2D eigenvalue weighted by Gasteiger charge is 2.22. The van der Waals surface area contributed by atoms with Gasteiger partial charge in [-0.3, -0.25) is 0 Å². The van der Waals surface area contributed by atoms with Gasteiger partial charge in [-0.25, -0.2) is 4.39 Å². The van der Waals surface area contributed by atoms with Gasteiger partial charge < -0.3 is 10.1 Å². The first-order valence-electron chi connectivity index (χ1n) is 6.04. The van der Waals surface area contributed by atoms with E-state index in [9.17, 15) is 4.39 Å². The molecule has 0 saturated heterocycles. The molecule has 0 amide bonds. The van der Waals surface area contributed by atoms with Crippen LogP contribution in [0.2, 0.25) is 0 Å². The summed E-state index contributed by atoms with van der Waals surface area (Å²) in [6.07, 6.45) is 1.63. The lowest BCUT2D eigenvalue weighted by molar-refractivity contribution is 0.00771. The van der Waals surface area contributed by atoms with Crippen molar-refractivity contribution in [2.45, 2.75) is 38.3 Å². The molecule has 102 valence electrons. The van der Waals surface area contributed by atoms with Crippen molar-refractivity contribution in [2.75, 3.05) is 14.2 Å². The summed E-state index contributed by atoms with van der Waals surface area (Å²) >= 11 is 3.46. The van der Waals surface area contributed by atoms with Gasteiger partial charge in [0.2, 0.25) is 0 Å². The number of hydrogen-bond donors (Lipinski definition) is 1. The van der Waals surface area contributed by atoms with Crippen molar-refractivity contribution in [3.8, 4) is 0 Å². The van der Waals surface area contributed by atoms with Crippen molar-refractivity contribution in [1.82, 2.24) is 5.32 Å². The third-order valence-electron chi connectivity index (χ3n) is 3.17. The maximum atomic E-state index is 13.2. The number of nitrogens with one attached hydrogen (secondary N) is 1. The lowest BCUT2D eigenvalue weighted by Crippen LogP contribution is -2.37. The van der Waals surface area contributed by atoms with Crippen molar-refractivity contribution < 1.29 is 9.13 Å². The summed E-state index contributed by atoms with van der Waals surface area (Å²) in [4.78, 5) is 0. The molecular weight excluding hydrogens is 297 g/mol. The number of likely N-dealkylation sites (N-methyl/N-ethyl adjacent to an activating group) is 1. The monoisotopic (exact) mass is 317 g/mol. The molecule has 4 heteroatoms. The number of benzene rings is 1. The molecule has 0 bridgehead atoms. The zero-order valence-electron chi connectivity index (χ0n) is 11.4. The van der Waals surface area contributed by atoms with Crippen LogP contribution in [-0.4, -0.2) is 25.8 Å². The van der Waals surface area contributed by atoms with Crippen LogP contribution in [0.15, 0.2) is 22.7 Å². The fourth-order valence-electron chi connectivity index (χ4n) is 1.92. The second kappa shape index (κ2) is 6.64. The number of rotatable bonds is 6. The van der Waals surface area contributed by atoms with Crippen LogP contribution in [0.5, 0.6) is 0 Å². The van der Waals surface area contributed by atoms with Gasteiger partial charge in [-0.15, -0.1) is 0 Å². The lowest BCUT2D eigenvalue weighted by atomic mass is 9.94. The van der Waals surface area contributed by atoms with E-state index in [1.807, 2.05) is 7.05 Å². The molecule has 0 saturated carbocycles. The summed E-state index contributed by atoms with van der Waals surface area (Å²) in [5.74, 6) is -0.200. The van der Waals surface area contributed by atoms with Crippen LogP contribution in [0, 0.1) is 5.82 Å². The molecule has 0 aliphatic heterocycles. The van der Waals surface area contributed by atoms with Gasteiger partial charge in [-0.2, -0.15) is 0 Å². The first kappa shape index (κ1) is 15.6. The molecule has 1 aromatic rings. The summed E-state index contributed by atoms with van der Waals surface area (Å²) in [7, 11) is 3.63. The third-order valence-corrected chi connectivity index (χ3v) is 3.95. The van der Waals surface area contributed by atoms with E-state index in [0.717, 1.165) is 22.9 Å². The van der Waals surface area contributed by atoms with E-state index in [4.69, 9.17) is 4.74 Å². The average molecular weight is 318 g/mol. The standard InChI is InChI=1S/C14H21BrFNO/c1-14(2,18-4)9-12(17-3)8-10-7-11(16)5-6-13(10)15/h5-7,12,17H,8-9H2,1-4H3. The van der Waals surface area contributed by atoms with Crippen molar-refractivity contribution in [3.05, 3.63) is 34.1 Å². The minimum atomic E-state index is -0.200. The van der Waals surface area contributed by atoms with Gasteiger partial charge in [0.25, 0.3) is 0 Å². The van der Waals surface area contributed by atoms with E-state index in [0.29, 0.717) is 0 Å². The summed E-state index contributed by atoms with van der Waals surface area (Å²) in [6.45, 7) is 4.11. The van der Waals surface area contributed by atoms with Crippen LogP contribution in [0.1, 0.15) is 25.8 Å². The fraction of sp³-hybridized carbons (Fsp3) is 0.571. The summed E-state index contributed by atoms with van der Waals surface area (Å²) in [6, 6.07) is 5.03. The van der Waals surface area contributed by atoms with Crippen molar-refractivity contribution in [1.29, 1.82) is 0 Å². The molecular formula is C14H21BrFNO. The molecule has 0 fully saturated rings. The van der Waals surface area contributed by atoms with Crippen molar-refractivity contribution in [2.24, 2.45) is 0 Å². The lowest BCUT2D eigenvalue weighted by Gasteiger charge is -2.28. The Bertz CT molecular complexity index is 395. The van der Waals surface area contributed by atoms with Crippen molar-refractivity contribution >= 4 is 15.9 Å². The molecule has 0 aromatic heterocycles. The Morgan fingerprint density at radius 3 is 2.67 bits per heavy atom. The molecule has 2 nitrogen and oxygen atoms in total. The number of ether oxygens (including phenoxy) is 1. The van der Waals surface area contributed by atoms with Gasteiger partial charge in [-0.1, -0.05) is 15.9 Å². The van der Waals surface area contributed by atoms with E-state index in [2.05, 4.69) is 35.1 Å². The Morgan fingerprint density at radius 2 is 2.11 bits per heavy atom. The third kappa shape index (κ3) is 4.67. The predicted molar refractivity (Wildman–Crippen MR) is 76.4 cm³/mol. The highest BCUT2D eigenvalue weighted by Crippen LogP contribution is 2.23. The second-order valence-corrected chi connectivity index (χ2v) is 5.95. The highest BCUT2D eigenvalue weighted by atomic mass is 79.9. The Labute approximate surface area is 117 Å². The zero-order valence-corrected chi connectivity index (χ0v) is 13.0. The molecule has 1 rings (SSSR count). The Morgan fingerprint density at radius 1 is 1.44 bits per heavy atom. The van der Waals surface area contributed by atoms with Gasteiger partial charge in [0.05, 0.1) is 5.60 Å². The maximum Gasteiger partial charge on any atom is 0.123 e. The molecule has 1 unspecified atom stereocenters. The van der Waals surface area contributed by atoms with Gasteiger partial charge in [0, 0.05) is 17.6 Å². The minimum Gasteiger partial charge on any atom is -0.379 e. The van der Waals surface area contributed by atoms with Crippen LogP contribution in [0.3, 0.4) is 0 Å². The summed E-state index contributed by atoms with van der Waals surface area (Å²) < 4.78 is 19.6. The normalized spacial score (nSPS) is 13.7. The first-order valence-corrected chi connectivity index (χ1v) is 6.83. The van der Waals surface area contributed by atoms with E-state index in [1.54, 1.807) is 19.2 Å². The quantitative estimate of drug-likeness (QED) is 0.866. The average Bonchev–Trinajstić information content (AvgIpc) is 2.32. The number of halogens is 2. The van der Waals surface area contributed by atoms with E-state index in [1.165, 1.54) is 6.07 Å². The Balaban J connectivity index is 2.77. The van der Waals surface area contributed by atoms with Crippen LogP contribution >= 0.6 is 15.9 Å². The Hall–Kier alpha value is -0.450. The molecule has 0 aliphatic carbocycles. The van der Waals surface area contributed by atoms with Crippen molar-refractivity contribution in [3.63, 3.8) is 0 Å². The summed E-state index contributed by atoms with van der Waals surface area (Å²) in [5.41, 5.74) is 0.786. The van der Waals surface area contributed by atoms with Crippen LogP contribution < -0.4 is 5.32 Å². The smallest absolute Gasteiger partial charge is 0.123 e. The second-order valence-electron chi connectivity index (χ2n) is 5.09. The van der Waals surface area contributed by atoms with E-state index >= 15 is 0 Å². The molecule has 0 radical (unpaired) electrons. The SMILES string of the molecule is CNC(Cc1cc(F)ccc1Br)CC(C)(C)OC. The minimum absolute atomic E-state index is 0.187. The topological polar surface area (TPSA) is 21.3 Å². The van der Waals surface area contributed by atoms with E-state index in [-0.39, 0.29) is 17.5 Å². The fourth-order valence-corrected chi connectivity index (χ4v) is 2.33. The summed E-state index contributed by atoms with van der Waals surface area (Å²) in [5, 5.41) is 3.26. The molecule has 1 atom stereocenters.